The number of carbonyl (C=O) groups excluding carboxylic acids is 2. The quantitative estimate of drug-likeness (QED) is 0.600. The van der Waals surface area contributed by atoms with Crippen LogP contribution in [-0.4, -0.2) is 12.2 Å². The van der Waals surface area contributed by atoms with Gasteiger partial charge in [0.05, 0.1) is 11.4 Å². The van der Waals surface area contributed by atoms with E-state index in [0.717, 1.165) is 0 Å². The Balaban J connectivity index is 2.18. The first kappa shape index (κ1) is 15.6. The van der Waals surface area contributed by atoms with E-state index >= 15 is 0 Å². The van der Waals surface area contributed by atoms with Crippen molar-refractivity contribution in [1.29, 1.82) is 0 Å². The van der Waals surface area contributed by atoms with Gasteiger partial charge in [0.2, 0.25) is 12.2 Å². The molecule has 0 fully saturated rings. The average molecular weight is 292 g/mol. The molecule has 110 valence electrons. The molecule has 0 saturated carbocycles. The van der Waals surface area contributed by atoms with E-state index in [1.165, 1.54) is 23.3 Å². The predicted octanol–water partition coefficient (Wildman–Crippen LogP) is 4.53. The summed E-state index contributed by atoms with van der Waals surface area (Å²) in [6.07, 6.45) is 3.07. The number of hydrogen-bond donors (Lipinski definition) is 0. The number of aliphatic imine (C=N–C) groups is 2. The van der Waals surface area contributed by atoms with Crippen LogP contribution in [0.3, 0.4) is 0 Å². The fraction of sp³-hybridized carbons (Fsp3) is 0.222. The molecule has 4 nitrogen and oxygen atoms in total. The maximum atomic E-state index is 10.2. The molecule has 2 aromatic rings. The summed E-state index contributed by atoms with van der Waals surface area (Å²) in [5.41, 5.74) is 3.56. The molecular formula is C18H16N2O2. The van der Waals surface area contributed by atoms with Gasteiger partial charge in [-0.2, -0.15) is 9.98 Å². The minimum atomic E-state index is 0.301. The molecule has 2 atom stereocenters. The van der Waals surface area contributed by atoms with E-state index in [1.807, 2.05) is 48.5 Å². The normalized spacial score (nSPS) is 12.6. The Morgan fingerprint density at radius 2 is 1.00 bits per heavy atom. The first-order chi connectivity index (χ1) is 10.7. The van der Waals surface area contributed by atoms with E-state index in [0.29, 0.717) is 23.2 Å². The van der Waals surface area contributed by atoms with Crippen LogP contribution in [0.15, 0.2) is 58.5 Å². The van der Waals surface area contributed by atoms with Gasteiger partial charge in [0.1, 0.15) is 0 Å². The summed E-state index contributed by atoms with van der Waals surface area (Å²) < 4.78 is 0. The average Bonchev–Trinajstić information content (AvgIpc) is 2.55. The molecular weight excluding hydrogens is 276 g/mol. The van der Waals surface area contributed by atoms with Crippen molar-refractivity contribution in [2.75, 3.05) is 0 Å². The van der Waals surface area contributed by atoms with Crippen molar-refractivity contribution in [2.45, 2.75) is 25.7 Å². The minimum Gasteiger partial charge on any atom is -0.211 e. The van der Waals surface area contributed by atoms with Gasteiger partial charge in [0.25, 0.3) is 0 Å². The maximum absolute atomic E-state index is 10.2. The van der Waals surface area contributed by atoms with Gasteiger partial charge in [-0.15, -0.1) is 0 Å². The van der Waals surface area contributed by atoms with Crippen LogP contribution in [0.2, 0.25) is 0 Å². The molecule has 0 heterocycles. The van der Waals surface area contributed by atoms with E-state index in [-0.39, 0.29) is 0 Å². The molecule has 0 radical (unpaired) electrons. The SMILES string of the molecule is CC(c1ccc(N=C=O)cc1)C(C)c1ccc(N=C=O)cc1. The van der Waals surface area contributed by atoms with Gasteiger partial charge in [-0.05, 0) is 47.2 Å². The fourth-order valence-electron chi connectivity index (χ4n) is 2.39. The van der Waals surface area contributed by atoms with Crippen molar-refractivity contribution in [1.82, 2.24) is 0 Å². The first-order valence-electron chi connectivity index (χ1n) is 7.01. The van der Waals surface area contributed by atoms with Crippen LogP contribution in [-0.2, 0) is 9.59 Å². The van der Waals surface area contributed by atoms with Crippen LogP contribution in [0, 0.1) is 0 Å². The van der Waals surface area contributed by atoms with Crippen molar-refractivity contribution >= 4 is 23.5 Å². The number of rotatable bonds is 5. The number of benzene rings is 2. The second kappa shape index (κ2) is 7.28. The Morgan fingerprint density at radius 3 is 1.27 bits per heavy atom. The first-order valence-corrected chi connectivity index (χ1v) is 7.01. The topological polar surface area (TPSA) is 58.9 Å². The molecule has 0 saturated heterocycles. The van der Waals surface area contributed by atoms with Gasteiger partial charge in [0.15, 0.2) is 0 Å². The lowest BCUT2D eigenvalue weighted by Crippen LogP contribution is -2.04. The molecule has 0 bridgehead atoms. The molecule has 0 aliphatic heterocycles. The van der Waals surface area contributed by atoms with Crippen LogP contribution < -0.4 is 0 Å². The number of nitrogens with zero attached hydrogens (tertiary/aromatic N) is 2. The zero-order chi connectivity index (χ0) is 15.9. The molecule has 2 aromatic carbocycles. The lowest BCUT2D eigenvalue weighted by molar-refractivity contribution is 0.564. The van der Waals surface area contributed by atoms with Gasteiger partial charge in [-0.25, -0.2) is 9.59 Å². The summed E-state index contributed by atoms with van der Waals surface area (Å²) in [6, 6.07) is 15.1. The molecule has 4 heteroatoms. The number of hydrogen-bond acceptors (Lipinski definition) is 4. The summed E-state index contributed by atoms with van der Waals surface area (Å²) in [6.45, 7) is 4.31. The van der Waals surface area contributed by atoms with Crippen LogP contribution in [0.25, 0.3) is 0 Å². The molecule has 2 unspecified atom stereocenters. The van der Waals surface area contributed by atoms with Crippen molar-refractivity contribution < 1.29 is 9.59 Å². The Labute approximate surface area is 129 Å². The van der Waals surface area contributed by atoms with E-state index in [1.54, 1.807) is 0 Å². The summed E-state index contributed by atoms with van der Waals surface area (Å²) >= 11 is 0. The van der Waals surface area contributed by atoms with Crippen LogP contribution in [0.1, 0.15) is 36.8 Å². The smallest absolute Gasteiger partial charge is 0.211 e. The zero-order valence-corrected chi connectivity index (χ0v) is 12.5. The summed E-state index contributed by atoms with van der Waals surface area (Å²) in [7, 11) is 0. The zero-order valence-electron chi connectivity index (χ0n) is 12.5. The second-order valence-electron chi connectivity index (χ2n) is 5.17. The molecule has 0 N–H and O–H groups in total. The highest BCUT2D eigenvalue weighted by Crippen LogP contribution is 2.33. The van der Waals surface area contributed by atoms with Crippen LogP contribution >= 0.6 is 0 Å². The van der Waals surface area contributed by atoms with E-state index in [9.17, 15) is 9.59 Å². The van der Waals surface area contributed by atoms with Crippen molar-refractivity contribution in [3.8, 4) is 0 Å². The Hall–Kier alpha value is -2.80. The summed E-state index contributed by atoms with van der Waals surface area (Å²) in [5, 5.41) is 0. The minimum absolute atomic E-state index is 0.301. The molecule has 2 rings (SSSR count). The van der Waals surface area contributed by atoms with E-state index in [2.05, 4.69) is 23.8 Å². The fourth-order valence-corrected chi connectivity index (χ4v) is 2.39. The third-order valence-corrected chi connectivity index (χ3v) is 3.94. The predicted molar refractivity (Wildman–Crippen MR) is 85.3 cm³/mol. The molecule has 0 aliphatic carbocycles. The summed E-state index contributed by atoms with van der Waals surface area (Å²) in [4.78, 5) is 27.7. The van der Waals surface area contributed by atoms with Crippen molar-refractivity contribution in [3.05, 3.63) is 59.7 Å². The third kappa shape index (κ3) is 3.64. The maximum Gasteiger partial charge on any atom is 0.240 e. The van der Waals surface area contributed by atoms with Gasteiger partial charge in [-0.1, -0.05) is 38.1 Å². The lowest BCUT2D eigenvalue weighted by Gasteiger charge is -2.21. The highest BCUT2D eigenvalue weighted by atomic mass is 16.1. The van der Waals surface area contributed by atoms with Gasteiger partial charge in [-0.3, -0.25) is 0 Å². The Bertz CT molecular complexity index is 657. The Kier molecular flexibility index (Phi) is 5.16. The van der Waals surface area contributed by atoms with E-state index in [4.69, 9.17) is 0 Å². The standard InChI is InChI=1S/C18H16N2O2/c1-13(15-3-7-17(8-4-15)19-11-21)14(2)16-5-9-18(10-6-16)20-12-22/h3-10,13-14H,1-2H3. The largest absolute Gasteiger partial charge is 0.240 e. The number of isocyanates is 2. The van der Waals surface area contributed by atoms with Gasteiger partial charge >= 0.3 is 0 Å². The molecule has 22 heavy (non-hydrogen) atoms. The molecule has 0 spiro atoms. The van der Waals surface area contributed by atoms with E-state index < -0.39 is 0 Å². The summed E-state index contributed by atoms with van der Waals surface area (Å²) in [5.74, 6) is 0.601. The third-order valence-electron chi connectivity index (χ3n) is 3.94. The van der Waals surface area contributed by atoms with Crippen molar-refractivity contribution in [3.63, 3.8) is 0 Å². The van der Waals surface area contributed by atoms with Crippen molar-refractivity contribution in [2.24, 2.45) is 9.98 Å². The lowest BCUT2D eigenvalue weighted by atomic mass is 9.84. The highest BCUT2D eigenvalue weighted by molar-refractivity contribution is 5.51. The second-order valence-corrected chi connectivity index (χ2v) is 5.17. The monoisotopic (exact) mass is 292 g/mol. The van der Waals surface area contributed by atoms with Gasteiger partial charge in [0, 0.05) is 0 Å². The van der Waals surface area contributed by atoms with Gasteiger partial charge < -0.3 is 0 Å². The molecule has 0 amide bonds. The molecule has 0 aromatic heterocycles. The van der Waals surface area contributed by atoms with Crippen LogP contribution in [0.4, 0.5) is 11.4 Å². The Morgan fingerprint density at radius 1 is 0.682 bits per heavy atom. The molecule has 0 aliphatic rings. The highest BCUT2D eigenvalue weighted by Gasteiger charge is 2.16. The van der Waals surface area contributed by atoms with Crippen LogP contribution in [0.5, 0.6) is 0 Å².